The largest absolute Gasteiger partial charge is 0.382 e. The van der Waals surface area contributed by atoms with Gasteiger partial charge in [-0.05, 0) is 57.4 Å². The molecule has 4 rings (SSSR count). The molecule has 2 N–H and O–H groups in total. The zero-order valence-electron chi connectivity index (χ0n) is 18.1. The lowest BCUT2D eigenvalue weighted by Gasteiger charge is -2.25. The molecule has 8 nitrogen and oxygen atoms in total. The van der Waals surface area contributed by atoms with Crippen molar-refractivity contribution in [1.29, 1.82) is 5.26 Å². The molecule has 0 radical (unpaired) electrons. The van der Waals surface area contributed by atoms with Gasteiger partial charge in [0.25, 0.3) is 5.91 Å². The molecule has 0 atom stereocenters. The smallest absolute Gasteiger partial charge is 0.284 e. The quantitative estimate of drug-likeness (QED) is 0.566. The number of nitrogens with zero attached hydrogens (tertiary/aromatic N) is 5. The molecule has 164 valence electrons. The second kappa shape index (κ2) is 9.75. The zero-order chi connectivity index (χ0) is 22.5. The van der Waals surface area contributed by atoms with Gasteiger partial charge in [-0.25, -0.2) is 4.98 Å². The van der Waals surface area contributed by atoms with Gasteiger partial charge in [-0.3, -0.25) is 4.79 Å². The highest BCUT2D eigenvalue weighted by molar-refractivity contribution is 7.16. The van der Waals surface area contributed by atoms with Crippen molar-refractivity contribution in [2.75, 3.05) is 23.7 Å². The van der Waals surface area contributed by atoms with Crippen LogP contribution in [-0.2, 0) is 0 Å². The molecule has 0 saturated carbocycles. The number of hydrogen-bond donors (Lipinski definition) is 2. The average molecular weight is 448 g/mol. The molecule has 9 heteroatoms. The number of aromatic nitrogens is 3. The van der Waals surface area contributed by atoms with Gasteiger partial charge in [0.2, 0.25) is 5.01 Å². The van der Waals surface area contributed by atoms with Crippen LogP contribution < -0.4 is 10.6 Å². The molecule has 1 aliphatic rings. The minimum absolute atomic E-state index is 0.0427. The topological polar surface area (TPSA) is 107 Å². The summed E-state index contributed by atoms with van der Waals surface area (Å²) in [6.07, 6.45) is 4.99. The molecule has 32 heavy (non-hydrogen) atoms. The van der Waals surface area contributed by atoms with Crippen molar-refractivity contribution in [3.8, 4) is 16.6 Å². The Balaban J connectivity index is 1.58. The number of piperidine rings is 1. The summed E-state index contributed by atoms with van der Waals surface area (Å²) in [6, 6.07) is 11.4. The number of rotatable bonds is 6. The lowest BCUT2D eigenvalue weighted by molar-refractivity contribution is 0.0723. The van der Waals surface area contributed by atoms with Crippen molar-refractivity contribution in [3.63, 3.8) is 0 Å². The monoisotopic (exact) mass is 447 g/mol. The molecule has 1 amide bonds. The molecule has 0 spiro atoms. The standard InChI is InChI=1S/C23H25N7OS/c1-15(2)26-19-12-20(27-17-8-6-16(13-24)7-9-17)25-14-18(19)21-28-29-22(32-21)23(31)30-10-4-3-5-11-30/h6-9,12,14-15H,3-5,10-11H2,1-2H3,(H2,25,26,27). The summed E-state index contributed by atoms with van der Waals surface area (Å²) in [5, 5.41) is 25.2. The summed E-state index contributed by atoms with van der Waals surface area (Å²) in [4.78, 5) is 19.2. The maximum Gasteiger partial charge on any atom is 0.284 e. The highest BCUT2D eigenvalue weighted by Gasteiger charge is 2.23. The van der Waals surface area contributed by atoms with E-state index in [4.69, 9.17) is 5.26 Å². The SMILES string of the molecule is CC(C)Nc1cc(Nc2ccc(C#N)cc2)ncc1-c1nnc(C(=O)N2CCCCC2)s1. The van der Waals surface area contributed by atoms with Crippen LogP contribution in [0.4, 0.5) is 17.2 Å². The van der Waals surface area contributed by atoms with E-state index in [2.05, 4.69) is 45.7 Å². The van der Waals surface area contributed by atoms with E-state index in [9.17, 15) is 4.79 Å². The van der Waals surface area contributed by atoms with E-state index in [1.807, 2.05) is 23.1 Å². The number of carbonyl (C=O) groups excluding carboxylic acids is 1. The molecule has 3 heterocycles. The first-order valence-electron chi connectivity index (χ1n) is 10.7. The lowest BCUT2D eigenvalue weighted by Crippen LogP contribution is -2.35. The van der Waals surface area contributed by atoms with Gasteiger partial charge < -0.3 is 15.5 Å². The molecule has 0 bridgehead atoms. The van der Waals surface area contributed by atoms with Gasteiger partial charge in [0, 0.05) is 42.8 Å². The Kier molecular flexibility index (Phi) is 6.61. The summed E-state index contributed by atoms with van der Waals surface area (Å²) in [6.45, 7) is 5.68. The van der Waals surface area contributed by atoms with Crippen molar-refractivity contribution in [1.82, 2.24) is 20.1 Å². The predicted molar refractivity (Wildman–Crippen MR) is 126 cm³/mol. The van der Waals surface area contributed by atoms with Gasteiger partial charge in [0.1, 0.15) is 5.82 Å². The first-order valence-corrected chi connectivity index (χ1v) is 11.5. The second-order valence-electron chi connectivity index (χ2n) is 7.99. The van der Waals surface area contributed by atoms with Gasteiger partial charge in [0.15, 0.2) is 5.01 Å². The Labute approximate surface area is 191 Å². The summed E-state index contributed by atoms with van der Waals surface area (Å²) < 4.78 is 0. The summed E-state index contributed by atoms with van der Waals surface area (Å²) in [7, 11) is 0. The van der Waals surface area contributed by atoms with Crippen LogP contribution in [0.25, 0.3) is 10.6 Å². The van der Waals surface area contributed by atoms with E-state index in [-0.39, 0.29) is 11.9 Å². The fourth-order valence-corrected chi connectivity index (χ4v) is 4.39. The first-order chi connectivity index (χ1) is 15.5. The van der Waals surface area contributed by atoms with Crippen LogP contribution in [0.5, 0.6) is 0 Å². The summed E-state index contributed by atoms with van der Waals surface area (Å²) in [5.41, 5.74) is 3.11. The number of hydrogen-bond acceptors (Lipinski definition) is 8. The number of anilines is 3. The van der Waals surface area contributed by atoms with Crippen molar-refractivity contribution in [2.24, 2.45) is 0 Å². The summed E-state index contributed by atoms with van der Waals surface area (Å²) in [5.74, 6) is 0.620. The Bertz CT molecular complexity index is 1130. The Morgan fingerprint density at radius 1 is 1.16 bits per heavy atom. The molecular weight excluding hydrogens is 422 g/mol. The highest BCUT2D eigenvalue weighted by atomic mass is 32.1. The third kappa shape index (κ3) is 5.03. The molecule has 1 fully saturated rings. The minimum atomic E-state index is -0.0427. The van der Waals surface area contributed by atoms with E-state index < -0.39 is 0 Å². The van der Waals surface area contributed by atoms with Crippen molar-refractivity contribution in [2.45, 2.75) is 39.2 Å². The van der Waals surface area contributed by atoms with Crippen LogP contribution >= 0.6 is 11.3 Å². The zero-order valence-corrected chi connectivity index (χ0v) is 18.9. The predicted octanol–water partition coefficient (Wildman–Crippen LogP) is 4.66. The molecule has 3 aromatic rings. The van der Waals surface area contributed by atoms with E-state index in [1.54, 1.807) is 18.3 Å². The lowest BCUT2D eigenvalue weighted by atomic mass is 10.1. The minimum Gasteiger partial charge on any atom is -0.382 e. The van der Waals surface area contributed by atoms with Crippen LogP contribution in [0, 0.1) is 11.3 Å². The molecule has 0 unspecified atom stereocenters. The van der Waals surface area contributed by atoms with Crippen LogP contribution in [-0.4, -0.2) is 45.1 Å². The van der Waals surface area contributed by atoms with Crippen LogP contribution in [0.3, 0.4) is 0 Å². The maximum atomic E-state index is 12.8. The number of likely N-dealkylation sites (tertiary alicyclic amines) is 1. The Hall–Kier alpha value is -3.51. The number of pyridine rings is 1. The fourth-order valence-electron chi connectivity index (χ4n) is 3.55. The number of amides is 1. The first kappa shape index (κ1) is 21.7. The third-order valence-electron chi connectivity index (χ3n) is 5.12. The van der Waals surface area contributed by atoms with Crippen molar-refractivity contribution < 1.29 is 4.79 Å². The normalized spacial score (nSPS) is 13.6. The van der Waals surface area contributed by atoms with Crippen molar-refractivity contribution in [3.05, 3.63) is 47.1 Å². The van der Waals surface area contributed by atoms with Gasteiger partial charge >= 0.3 is 0 Å². The van der Waals surface area contributed by atoms with Gasteiger partial charge in [-0.2, -0.15) is 5.26 Å². The molecule has 2 aromatic heterocycles. The van der Waals surface area contributed by atoms with E-state index >= 15 is 0 Å². The van der Waals surface area contributed by atoms with Gasteiger partial charge in [-0.1, -0.05) is 11.3 Å². The molecule has 1 saturated heterocycles. The van der Waals surface area contributed by atoms with E-state index in [0.29, 0.717) is 21.4 Å². The number of carbonyl (C=O) groups is 1. The Morgan fingerprint density at radius 2 is 1.91 bits per heavy atom. The molecular formula is C23H25N7OS. The molecule has 0 aliphatic carbocycles. The Morgan fingerprint density at radius 3 is 2.59 bits per heavy atom. The van der Waals surface area contributed by atoms with Crippen LogP contribution in [0.1, 0.15) is 48.5 Å². The average Bonchev–Trinajstić information content (AvgIpc) is 3.29. The highest BCUT2D eigenvalue weighted by Crippen LogP contribution is 2.33. The number of nitriles is 1. The molecule has 1 aliphatic heterocycles. The number of nitrogens with one attached hydrogen (secondary N) is 2. The van der Waals surface area contributed by atoms with Gasteiger partial charge in [0.05, 0.1) is 17.2 Å². The third-order valence-corrected chi connectivity index (χ3v) is 6.06. The number of benzene rings is 1. The maximum absolute atomic E-state index is 12.8. The summed E-state index contributed by atoms with van der Waals surface area (Å²) >= 11 is 1.30. The fraction of sp³-hybridized carbons (Fsp3) is 0.348. The molecule has 1 aromatic carbocycles. The van der Waals surface area contributed by atoms with Crippen LogP contribution in [0.15, 0.2) is 36.5 Å². The second-order valence-corrected chi connectivity index (χ2v) is 8.97. The van der Waals surface area contributed by atoms with E-state index in [0.717, 1.165) is 42.9 Å². The van der Waals surface area contributed by atoms with E-state index in [1.165, 1.54) is 17.8 Å². The van der Waals surface area contributed by atoms with Crippen molar-refractivity contribution >= 4 is 34.4 Å². The van der Waals surface area contributed by atoms with Crippen LogP contribution in [0.2, 0.25) is 0 Å². The van der Waals surface area contributed by atoms with Gasteiger partial charge in [-0.15, -0.1) is 10.2 Å².